The van der Waals surface area contributed by atoms with Crippen LogP contribution in [0.2, 0.25) is 0 Å². The lowest BCUT2D eigenvalue weighted by atomic mass is 9.88. The predicted octanol–water partition coefficient (Wildman–Crippen LogP) is 4.31. The molecule has 168 valence electrons. The minimum Gasteiger partial charge on any atom is -0.383 e. The molecule has 0 aromatic heterocycles. The van der Waals surface area contributed by atoms with Crippen LogP contribution in [0, 0.1) is 23.5 Å². The van der Waals surface area contributed by atoms with Gasteiger partial charge in [-0.15, -0.1) is 0 Å². The Balaban J connectivity index is 1.82. The molecule has 3 rings (SSSR count). The lowest BCUT2D eigenvalue weighted by Gasteiger charge is -2.29. The van der Waals surface area contributed by atoms with Gasteiger partial charge < -0.3 is 9.64 Å². The molecule has 0 N–H and O–H groups in total. The van der Waals surface area contributed by atoms with E-state index in [2.05, 4.69) is 4.90 Å². The summed E-state index contributed by atoms with van der Waals surface area (Å²) in [6, 6.07) is 13.5. The minimum atomic E-state index is -0.265. The van der Waals surface area contributed by atoms with Gasteiger partial charge in [-0.1, -0.05) is 44.2 Å². The van der Waals surface area contributed by atoms with Gasteiger partial charge >= 0.3 is 0 Å². The summed E-state index contributed by atoms with van der Waals surface area (Å²) in [6.45, 7) is 7.24. The molecule has 1 aliphatic rings. The number of halogens is 2. The van der Waals surface area contributed by atoms with Gasteiger partial charge in [0.25, 0.3) is 0 Å². The topological polar surface area (TPSA) is 32.8 Å². The number of rotatable bonds is 9. The zero-order valence-electron chi connectivity index (χ0n) is 18.6. The van der Waals surface area contributed by atoms with E-state index in [-0.39, 0.29) is 35.3 Å². The molecule has 0 spiro atoms. The Morgan fingerprint density at radius 3 is 2.61 bits per heavy atom. The number of likely N-dealkylation sites (tertiary alicyclic amines) is 1. The van der Waals surface area contributed by atoms with Crippen molar-refractivity contribution in [2.24, 2.45) is 11.8 Å². The summed E-state index contributed by atoms with van der Waals surface area (Å²) in [4.78, 5) is 16.9. The largest absolute Gasteiger partial charge is 0.383 e. The molecule has 0 saturated carbocycles. The third kappa shape index (κ3) is 6.11. The van der Waals surface area contributed by atoms with Gasteiger partial charge in [-0.2, -0.15) is 0 Å². The molecular formula is C25H32F2N2O2. The molecule has 0 radical (unpaired) electrons. The first-order valence-electron chi connectivity index (χ1n) is 10.9. The van der Waals surface area contributed by atoms with Crippen molar-refractivity contribution in [3.05, 3.63) is 71.3 Å². The van der Waals surface area contributed by atoms with Gasteiger partial charge in [0, 0.05) is 57.2 Å². The van der Waals surface area contributed by atoms with Crippen molar-refractivity contribution in [2.75, 3.05) is 39.9 Å². The number of benzene rings is 2. The van der Waals surface area contributed by atoms with Crippen LogP contribution >= 0.6 is 0 Å². The molecule has 31 heavy (non-hydrogen) atoms. The van der Waals surface area contributed by atoms with Crippen molar-refractivity contribution in [2.45, 2.75) is 26.3 Å². The van der Waals surface area contributed by atoms with E-state index in [1.165, 1.54) is 12.1 Å². The Bertz CT molecular complexity index is 874. The van der Waals surface area contributed by atoms with E-state index in [0.29, 0.717) is 44.9 Å². The highest BCUT2D eigenvalue weighted by Crippen LogP contribution is 2.35. The van der Waals surface area contributed by atoms with Crippen molar-refractivity contribution >= 4 is 5.91 Å². The first-order chi connectivity index (χ1) is 14.9. The fourth-order valence-corrected chi connectivity index (χ4v) is 4.40. The van der Waals surface area contributed by atoms with E-state index in [4.69, 9.17) is 4.74 Å². The maximum absolute atomic E-state index is 14.2. The highest BCUT2D eigenvalue weighted by molar-refractivity contribution is 5.78. The summed E-state index contributed by atoms with van der Waals surface area (Å²) < 4.78 is 33.4. The average Bonchev–Trinajstić information content (AvgIpc) is 3.14. The molecule has 4 nitrogen and oxygen atoms in total. The van der Waals surface area contributed by atoms with Crippen LogP contribution in [-0.2, 0) is 16.1 Å². The fourth-order valence-electron chi connectivity index (χ4n) is 4.40. The Labute approximate surface area is 183 Å². The van der Waals surface area contributed by atoms with E-state index in [1.807, 2.05) is 30.9 Å². The van der Waals surface area contributed by atoms with Crippen LogP contribution in [-0.4, -0.2) is 55.6 Å². The van der Waals surface area contributed by atoms with Crippen molar-refractivity contribution in [1.29, 1.82) is 0 Å². The second kappa shape index (κ2) is 10.8. The summed E-state index contributed by atoms with van der Waals surface area (Å²) in [7, 11) is 1.62. The van der Waals surface area contributed by atoms with E-state index < -0.39 is 0 Å². The van der Waals surface area contributed by atoms with Crippen LogP contribution in [0.25, 0.3) is 0 Å². The zero-order valence-corrected chi connectivity index (χ0v) is 18.6. The Morgan fingerprint density at radius 1 is 1.16 bits per heavy atom. The van der Waals surface area contributed by atoms with E-state index in [1.54, 1.807) is 31.4 Å². The lowest BCUT2D eigenvalue weighted by molar-refractivity contribution is -0.135. The summed E-state index contributed by atoms with van der Waals surface area (Å²) in [5.74, 6) is -0.327. The van der Waals surface area contributed by atoms with Gasteiger partial charge in [-0.05, 0) is 29.7 Å². The summed E-state index contributed by atoms with van der Waals surface area (Å²) >= 11 is 0. The zero-order chi connectivity index (χ0) is 22.4. The predicted molar refractivity (Wildman–Crippen MR) is 118 cm³/mol. The number of amides is 1. The molecule has 2 aromatic carbocycles. The molecular weight excluding hydrogens is 398 g/mol. The normalized spacial score (nSPS) is 19.2. The van der Waals surface area contributed by atoms with Gasteiger partial charge in [0.15, 0.2) is 0 Å². The van der Waals surface area contributed by atoms with Crippen molar-refractivity contribution < 1.29 is 18.3 Å². The molecule has 1 fully saturated rings. The SMILES string of the molecule is COCCN(CC1CN(Cc2ccccc2F)CC1c1cccc(F)c1)C(=O)C(C)C. The van der Waals surface area contributed by atoms with Gasteiger partial charge in [0.1, 0.15) is 11.6 Å². The van der Waals surface area contributed by atoms with Crippen LogP contribution in [0.3, 0.4) is 0 Å². The Morgan fingerprint density at radius 2 is 1.94 bits per heavy atom. The van der Waals surface area contributed by atoms with E-state index >= 15 is 0 Å². The number of methoxy groups -OCH3 is 1. The first kappa shape index (κ1) is 23.4. The minimum absolute atomic E-state index is 0.0625. The Kier molecular flexibility index (Phi) is 8.15. The van der Waals surface area contributed by atoms with Gasteiger partial charge in [0.05, 0.1) is 6.61 Å². The summed E-state index contributed by atoms with van der Waals surface area (Å²) in [5.41, 5.74) is 1.57. The number of hydrogen-bond donors (Lipinski definition) is 0. The van der Waals surface area contributed by atoms with Gasteiger partial charge in [-0.3, -0.25) is 9.69 Å². The number of carbonyl (C=O) groups is 1. The molecule has 1 amide bonds. The van der Waals surface area contributed by atoms with Crippen molar-refractivity contribution in [3.8, 4) is 0 Å². The molecule has 1 saturated heterocycles. The molecule has 0 aliphatic carbocycles. The van der Waals surface area contributed by atoms with Crippen LogP contribution in [0.4, 0.5) is 8.78 Å². The van der Waals surface area contributed by atoms with Crippen molar-refractivity contribution in [3.63, 3.8) is 0 Å². The number of nitrogens with zero attached hydrogens (tertiary/aromatic N) is 2. The van der Waals surface area contributed by atoms with Gasteiger partial charge in [-0.25, -0.2) is 8.78 Å². The molecule has 2 atom stereocenters. The molecule has 2 aromatic rings. The standard InChI is InChI=1S/C25H32F2N2O2/c1-18(2)25(30)29(11-12-31-3)16-21-15-28(14-20-7-4-5-10-24(20)27)17-23(21)19-8-6-9-22(26)13-19/h4-10,13,18,21,23H,11-12,14-17H2,1-3H3. The maximum atomic E-state index is 14.2. The Hall–Kier alpha value is -2.31. The number of ether oxygens (including phenoxy) is 1. The molecule has 1 heterocycles. The monoisotopic (exact) mass is 430 g/mol. The highest BCUT2D eigenvalue weighted by Gasteiger charge is 2.36. The number of carbonyl (C=O) groups excluding carboxylic acids is 1. The summed E-state index contributed by atoms with van der Waals surface area (Å²) in [5, 5.41) is 0. The third-order valence-corrected chi connectivity index (χ3v) is 5.97. The van der Waals surface area contributed by atoms with Crippen LogP contribution in [0.5, 0.6) is 0 Å². The average molecular weight is 431 g/mol. The maximum Gasteiger partial charge on any atom is 0.225 e. The quantitative estimate of drug-likeness (QED) is 0.594. The first-order valence-corrected chi connectivity index (χ1v) is 10.9. The van der Waals surface area contributed by atoms with Crippen LogP contribution in [0.15, 0.2) is 48.5 Å². The third-order valence-electron chi connectivity index (χ3n) is 5.97. The van der Waals surface area contributed by atoms with Crippen LogP contribution in [0.1, 0.15) is 30.9 Å². The fraction of sp³-hybridized carbons (Fsp3) is 0.480. The number of hydrogen-bond acceptors (Lipinski definition) is 3. The van der Waals surface area contributed by atoms with E-state index in [9.17, 15) is 13.6 Å². The van der Waals surface area contributed by atoms with Crippen molar-refractivity contribution in [1.82, 2.24) is 9.80 Å². The lowest BCUT2D eigenvalue weighted by Crippen LogP contribution is -2.41. The highest BCUT2D eigenvalue weighted by atomic mass is 19.1. The second-order valence-corrected chi connectivity index (χ2v) is 8.64. The molecule has 2 unspecified atom stereocenters. The van der Waals surface area contributed by atoms with Gasteiger partial charge in [0.2, 0.25) is 5.91 Å². The molecule has 0 bridgehead atoms. The van der Waals surface area contributed by atoms with E-state index in [0.717, 1.165) is 5.56 Å². The molecule has 6 heteroatoms. The second-order valence-electron chi connectivity index (χ2n) is 8.64. The smallest absolute Gasteiger partial charge is 0.225 e. The molecule has 1 aliphatic heterocycles. The van der Waals surface area contributed by atoms with Crippen LogP contribution < -0.4 is 0 Å². The summed E-state index contributed by atoms with van der Waals surface area (Å²) in [6.07, 6.45) is 0.